The average Bonchev–Trinajstić information content (AvgIpc) is 2.83. The van der Waals surface area contributed by atoms with E-state index in [9.17, 15) is 18.3 Å². The number of sulfonamides is 1. The monoisotopic (exact) mass is 479 g/mol. The molecule has 1 aliphatic heterocycles. The van der Waals surface area contributed by atoms with Crippen molar-refractivity contribution in [2.45, 2.75) is 43.7 Å². The third kappa shape index (κ3) is 4.41. The number of aryl methyl sites for hydroxylation is 2. The quantitative estimate of drug-likeness (QED) is 0.501. The summed E-state index contributed by atoms with van der Waals surface area (Å²) in [7, 11) is -4.21. The van der Waals surface area contributed by atoms with Gasteiger partial charge < -0.3 is 5.11 Å². The number of hydrogen-bond donors (Lipinski definition) is 1. The zero-order valence-electron chi connectivity index (χ0n) is 19.0. The van der Waals surface area contributed by atoms with Crippen molar-refractivity contribution in [2.75, 3.05) is 0 Å². The van der Waals surface area contributed by atoms with Crippen LogP contribution in [0.25, 0.3) is 0 Å². The van der Waals surface area contributed by atoms with Crippen molar-refractivity contribution in [2.24, 2.45) is 0 Å². The molecule has 7 heteroatoms. The number of rotatable bonds is 6. The number of nitrogens with zero attached hydrogens (tertiary/aromatic N) is 1. The van der Waals surface area contributed by atoms with Crippen molar-refractivity contribution in [1.29, 1.82) is 0 Å². The summed E-state index contributed by atoms with van der Waals surface area (Å²) in [6.45, 7) is 3.88. The fourth-order valence-corrected chi connectivity index (χ4v) is 6.14. The Morgan fingerprint density at radius 3 is 2.26 bits per heavy atom. The number of benzene rings is 3. The van der Waals surface area contributed by atoms with Gasteiger partial charge in [-0.1, -0.05) is 73.2 Å². The lowest BCUT2D eigenvalue weighted by Crippen LogP contribution is -2.42. The van der Waals surface area contributed by atoms with E-state index in [4.69, 9.17) is 0 Å². The van der Waals surface area contributed by atoms with Gasteiger partial charge >= 0.3 is 5.97 Å². The predicted octanol–water partition coefficient (Wildman–Crippen LogP) is 5.58. The Balaban J connectivity index is 1.97. The molecule has 0 amide bonds. The molecule has 176 valence electrons. The Morgan fingerprint density at radius 2 is 1.68 bits per heavy atom. The predicted molar refractivity (Wildman–Crippen MR) is 128 cm³/mol. The van der Waals surface area contributed by atoms with Crippen LogP contribution in [0.3, 0.4) is 0 Å². The molecule has 0 aromatic heterocycles. The molecule has 5 nitrogen and oxygen atoms in total. The molecule has 1 N–H and O–H groups in total. The largest absolute Gasteiger partial charge is 0.478 e. The number of halogens is 1. The number of carboxylic acids is 1. The maximum absolute atomic E-state index is 15.0. The fourth-order valence-electron chi connectivity index (χ4n) is 4.37. The standard InChI is InChI=1S/C27H26FNO4S/c1-3-19-10-12-20(13-11-19)25-17-16-23(27(30)31)26(22-6-4-5-7-24(22)28)29(25)34(32,33)21-14-8-18(2)9-15-21/h4-16,25-26H,3,17H2,1-2H3,(H,30,31)/t25-,26-/m0/s1. The van der Waals surface area contributed by atoms with Crippen LogP contribution in [0.1, 0.15) is 47.7 Å². The number of carboxylic acid groups (broad SMARTS) is 1. The summed E-state index contributed by atoms with van der Waals surface area (Å²) < 4.78 is 44.3. The van der Waals surface area contributed by atoms with E-state index in [-0.39, 0.29) is 22.5 Å². The van der Waals surface area contributed by atoms with Crippen LogP contribution >= 0.6 is 0 Å². The third-order valence-electron chi connectivity index (χ3n) is 6.23. The van der Waals surface area contributed by atoms with Crippen LogP contribution < -0.4 is 0 Å². The van der Waals surface area contributed by atoms with Gasteiger partial charge in [0.1, 0.15) is 5.82 Å². The minimum absolute atomic E-state index is 0.00159. The molecule has 0 bridgehead atoms. The van der Waals surface area contributed by atoms with Gasteiger partial charge in [0.25, 0.3) is 0 Å². The molecule has 1 heterocycles. The lowest BCUT2D eigenvalue weighted by molar-refractivity contribution is -0.133. The second-order valence-electron chi connectivity index (χ2n) is 8.38. The molecule has 0 radical (unpaired) electrons. The van der Waals surface area contributed by atoms with E-state index in [2.05, 4.69) is 0 Å². The average molecular weight is 480 g/mol. The topological polar surface area (TPSA) is 74.7 Å². The van der Waals surface area contributed by atoms with Gasteiger partial charge in [0, 0.05) is 5.56 Å². The number of hydrogen-bond acceptors (Lipinski definition) is 3. The summed E-state index contributed by atoms with van der Waals surface area (Å²) in [6.07, 6.45) is 2.50. The lowest BCUT2D eigenvalue weighted by Gasteiger charge is -2.40. The lowest BCUT2D eigenvalue weighted by atomic mass is 9.89. The van der Waals surface area contributed by atoms with Crippen LogP contribution in [0.2, 0.25) is 0 Å². The summed E-state index contributed by atoms with van der Waals surface area (Å²) in [5.41, 5.74) is 2.54. The van der Waals surface area contributed by atoms with Gasteiger partial charge in [0.05, 0.1) is 22.6 Å². The molecule has 0 aliphatic carbocycles. The fraction of sp³-hybridized carbons (Fsp3) is 0.222. The van der Waals surface area contributed by atoms with Crippen molar-refractivity contribution >= 4 is 16.0 Å². The first-order chi connectivity index (χ1) is 16.2. The molecule has 0 saturated carbocycles. The highest BCUT2D eigenvalue weighted by Crippen LogP contribution is 2.46. The van der Waals surface area contributed by atoms with Crippen molar-refractivity contribution in [3.05, 3.63) is 113 Å². The molecule has 3 aromatic rings. The molecule has 0 spiro atoms. The van der Waals surface area contributed by atoms with Gasteiger partial charge in [0.15, 0.2) is 0 Å². The molecule has 1 aliphatic rings. The van der Waals surface area contributed by atoms with E-state index in [0.717, 1.165) is 23.1 Å². The highest BCUT2D eigenvalue weighted by molar-refractivity contribution is 7.89. The van der Waals surface area contributed by atoms with Gasteiger partial charge in [-0.25, -0.2) is 17.6 Å². The molecule has 0 fully saturated rings. The molecule has 4 rings (SSSR count). The first kappa shape index (κ1) is 23.9. The van der Waals surface area contributed by atoms with E-state index in [1.54, 1.807) is 18.2 Å². The summed E-state index contributed by atoms with van der Waals surface area (Å²) in [5.74, 6) is -1.94. The molecule has 3 aromatic carbocycles. The second kappa shape index (κ2) is 9.52. The maximum Gasteiger partial charge on any atom is 0.333 e. The Kier molecular flexibility index (Phi) is 6.68. The van der Waals surface area contributed by atoms with Gasteiger partial charge in [-0.05, 0) is 49.1 Å². The highest BCUT2D eigenvalue weighted by Gasteiger charge is 2.45. The zero-order chi connectivity index (χ0) is 24.5. The molecular weight excluding hydrogens is 453 g/mol. The normalized spacial score (nSPS) is 19.0. The van der Waals surface area contributed by atoms with Gasteiger partial charge in [0.2, 0.25) is 10.0 Å². The van der Waals surface area contributed by atoms with Crippen LogP contribution in [-0.2, 0) is 21.2 Å². The molecule has 0 saturated heterocycles. The molecule has 34 heavy (non-hydrogen) atoms. The maximum atomic E-state index is 15.0. The SMILES string of the molecule is CCc1ccc([C@@H]2CC=C(C(=O)O)[C@H](c3ccccc3F)N2S(=O)(=O)c2ccc(C)cc2)cc1. The molecule has 2 atom stereocenters. The van der Waals surface area contributed by atoms with Crippen molar-refractivity contribution in [1.82, 2.24) is 4.31 Å². The van der Waals surface area contributed by atoms with E-state index in [0.29, 0.717) is 0 Å². The molecular formula is C27H26FNO4S. The summed E-state index contributed by atoms with van der Waals surface area (Å²) >= 11 is 0. The highest BCUT2D eigenvalue weighted by atomic mass is 32.2. The Hall–Kier alpha value is -3.29. The van der Waals surface area contributed by atoms with E-state index in [1.807, 2.05) is 38.1 Å². The van der Waals surface area contributed by atoms with Crippen LogP contribution in [-0.4, -0.2) is 23.8 Å². The third-order valence-corrected chi connectivity index (χ3v) is 8.12. The Morgan fingerprint density at radius 1 is 1.03 bits per heavy atom. The zero-order valence-corrected chi connectivity index (χ0v) is 19.8. The number of aliphatic carboxylic acids is 1. The van der Waals surface area contributed by atoms with Gasteiger partial charge in [-0.2, -0.15) is 4.31 Å². The first-order valence-corrected chi connectivity index (χ1v) is 12.5. The molecule has 0 unspecified atom stereocenters. The van der Waals surface area contributed by atoms with Gasteiger partial charge in [-0.15, -0.1) is 0 Å². The van der Waals surface area contributed by atoms with Gasteiger partial charge in [-0.3, -0.25) is 0 Å². The minimum atomic E-state index is -4.21. The van der Waals surface area contributed by atoms with Crippen molar-refractivity contribution in [3.63, 3.8) is 0 Å². The Bertz CT molecular complexity index is 1330. The summed E-state index contributed by atoms with van der Waals surface area (Å²) in [5, 5.41) is 9.96. The van der Waals surface area contributed by atoms with Crippen LogP contribution in [0.5, 0.6) is 0 Å². The van der Waals surface area contributed by atoms with E-state index in [1.165, 1.54) is 40.7 Å². The second-order valence-corrected chi connectivity index (χ2v) is 10.2. The van der Waals surface area contributed by atoms with Crippen LogP contribution in [0, 0.1) is 12.7 Å². The Labute approximate surface area is 199 Å². The number of carbonyl (C=O) groups is 1. The van der Waals surface area contributed by atoms with Crippen molar-refractivity contribution in [3.8, 4) is 0 Å². The summed E-state index contributed by atoms with van der Waals surface area (Å²) in [6, 6.07) is 17.7. The first-order valence-electron chi connectivity index (χ1n) is 11.1. The smallest absolute Gasteiger partial charge is 0.333 e. The van der Waals surface area contributed by atoms with Crippen molar-refractivity contribution < 1.29 is 22.7 Å². The minimum Gasteiger partial charge on any atom is -0.478 e. The van der Waals surface area contributed by atoms with E-state index >= 15 is 4.39 Å². The van der Waals surface area contributed by atoms with Crippen LogP contribution in [0.15, 0.2) is 89.3 Å². The van der Waals surface area contributed by atoms with Crippen LogP contribution in [0.4, 0.5) is 4.39 Å². The van der Waals surface area contributed by atoms with E-state index < -0.39 is 33.9 Å². The summed E-state index contributed by atoms with van der Waals surface area (Å²) in [4.78, 5) is 12.2.